The van der Waals surface area contributed by atoms with Crippen LogP contribution in [0.5, 0.6) is 0 Å². The van der Waals surface area contributed by atoms with Crippen LogP contribution in [-0.2, 0) is 4.79 Å². The molecule has 0 aromatic carbocycles. The number of likely N-dealkylation sites (tertiary alicyclic amines) is 1. The van der Waals surface area contributed by atoms with Crippen LogP contribution >= 0.6 is 0 Å². The number of hydrogen-bond donors (Lipinski definition) is 2. The predicted molar refractivity (Wildman–Crippen MR) is 56.5 cm³/mol. The van der Waals surface area contributed by atoms with Gasteiger partial charge in [0.1, 0.15) is 0 Å². The highest BCUT2D eigenvalue weighted by atomic mass is 16.6. The molecule has 2 rings (SSSR count). The van der Waals surface area contributed by atoms with Crippen molar-refractivity contribution in [2.75, 3.05) is 18.8 Å². The van der Waals surface area contributed by atoms with Crippen molar-refractivity contribution in [3.05, 3.63) is 5.69 Å². The molecule has 1 saturated heterocycles. The lowest BCUT2D eigenvalue weighted by atomic mass is 9.96. The monoisotopic (exact) mass is 239 g/mol. The molecule has 0 bridgehead atoms. The summed E-state index contributed by atoms with van der Waals surface area (Å²) in [4.78, 5) is 24.5. The van der Waals surface area contributed by atoms with Gasteiger partial charge in [0.05, 0.1) is 0 Å². The number of anilines is 1. The molecule has 0 unspecified atom stereocenters. The van der Waals surface area contributed by atoms with Crippen LogP contribution in [-0.4, -0.2) is 40.1 Å². The van der Waals surface area contributed by atoms with Crippen LogP contribution in [0.3, 0.4) is 0 Å². The van der Waals surface area contributed by atoms with Crippen LogP contribution in [0.4, 0.5) is 5.82 Å². The normalized spacial score (nSPS) is 17.1. The molecule has 0 spiro atoms. The summed E-state index contributed by atoms with van der Waals surface area (Å²) >= 11 is 0. The first kappa shape index (κ1) is 11.4. The molecule has 92 valence electrons. The number of nitrogens with zero attached hydrogens (tertiary/aromatic N) is 3. The molecule has 0 atom stereocenters. The molecule has 1 aromatic rings. The van der Waals surface area contributed by atoms with Gasteiger partial charge in [0.15, 0.2) is 0 Å². The fourth-order valence-corrected chi connectivity index (χ4v) is 1.86. The van der Waals surface area contributed by atoms with E-state index in [0.717, 1.165) is 0 Å². The number of hydrogen-bond acceptors (Lipinski definition) is 6. The van der Waals surface area contributed by atoms with Gasteiger partial charge in [-0.2, -0.15) is 0 Å². The minimum atomic E-state index is -0.327. The number of carbonyl (C=O) groups excluding carboxylic acids is 2. The van der Waals surface area contributed by atoms with E-state index in [4.69, 9.17) is 11.5 Å². The molecule has 1 aromatic heterocycles. The maximum absolute atomic E-state index is 11.9. The van der Waals surface area contributed by atoms with E-state index >= 15 is 0 Å². The van der Waals surface area contributed by atoms with Gasteiger partial charge in [-0.3, -0.25) is 9.59 Å². The van der Waals surface area contributed by atoms with E-state index in [2.05, 4.69) is 14.9 Å². The van der Waals surface area contributed by atoms with Crippen LogP contribution in [0.1, 0.15) is 23.3 Å². The molecule has 4 N–H and O–H groups in total. The standard InChI is InChI=1S/C9H13N5O3/c10-7-6(12-17-13-7)9(16)14-3-1-5(2-4-14)8(11)15/h5H,1-4H2,(H2,10,13)(H2,11,15). The number of aromatic nitrogens is 2. The van der Waals surface area contributed by atoms with Crippen molar-refractivity contribution < 1.29 is 14.2 Å². The minimum Gasteiger partial charge on any atom is -0.379 e. The van der Waals surface area contributed by atoms with Gasteiger partial charge in [0.2, 0.25) is 17.4 Å². The van der Waals surface area contributed by atoms with E-state index in [0.29, 0.717) is 25.9 Å². The Morgan fingerprint density at radius 2 is 1.94 bits per heavy atom. The third-order valence-corrected chi connectivity index (χ3v) is 2.90. The van der Waals surface area contributed by atoms with Crippen LogP contribution in [0.2, 0.25) is 0 Å². The Labute approximate surface area is 96.9 Å². The zero-order chi connectivity index (χ0) is 12.4. The number of primary amides is 1. The minimum absolute atomic E-state index is 0.0162. The molecule has 1 aliphatic heterocycles. The van der Waals surface area contributed by atoms with Crippen molar-refractivity contribution >= 4 is 17.6 Å². The third-order valence-electron chi connectivity index (χ3n) is 2.90. The van der Waals surface area contributed by atoms with Crippen molar-refractivity contribution in [1.82, 2.24) is 15.2 Å². The van der Waals surface area contributed by atoms with Gasteiger partial charge in [0.25, 0.3) is 5.91 Å². The zero-order valence-electron chi connectivity index (χ0n) is 9.13. The Balaban J connectivity index is 2.00. The number of rotatable bonds is 2. The number of amides is 2. The van der Waals surface area contributed by atoms with Gasteiger partial charge in [-0.15, -0.1) is 0 Å². The fraction of sp³-hybridized carbons (Fsp3) is 0.556. The summed E-state index contributed by atoms with van der Waals surface area (Å²) in [6, 6.07) is 0. The summed E-state index contributed by atoms with van der Waals surface area (Å²) in [6.07, 6.45) is 1.12. The molecule has 0 radical (unpaired) electrons. The molecule has 1 fully saturated rings. The van der Waals surface area contributed by atoms with Gasteiger partial charge < -0.3 is 16.4 Å². The highest BCUT2D eigenvalue weighted by Crippen LogP contribution is 2.19. The lowest BCUT2D eigenvalue weighted by Crippen LogP contribution is -2.42. The van der Waals surface area contributed by atoms with Gasteiger partial charge in [-0.25, -0.2) is 4.63 Å². The summed E-state index contributed by atoms with van der Waals surface area (Å²) in [5.74, 6) is -0.828. The molecular formula is C9H13N5O3. The Kier molecular flexibility index (Phi) is 2.94. The SMILES string of the molecule is NC(=O)C1CCN(C(=O)c2nonc2N)CC1. The molecule has 1 aliphatic rings. The highest BCUT2D eigenvalue weighted by Gasteiger charge is 2.29. The second-order valence-electron chi connectivity index (χ2n) is 3.97. The predicted octanol–water partition coefficient (Wildman–Crippen LogP) is -1.01. The van der Waals surface area contributed by atoms with E-state index < -0.39 is 0 Å². The quantitative estimate of drug-likeness (QED) is 0.680. The average molecular weight is 239 g/mol. The number of piperidine rings is 1. The molecule has 0 saturated carbocycles. The van der Waals surface area contributed by atoms with Crippen molar-refractivity contribution in [2.45, 2.75) is 12.8 Å². The first-order chi connectivity index (χ1) is 8.09. The summed E-state index contributed by atoms with van der Waals surface area (Å²) in [7, 11) is 0. The summed E-state index contributed by atoms with van der Waals surface area (Å²) in [5.41, 5.74) is 10.7. The van der Waals surface area contributed by atoms with Crippen LogP contribution in [0.15, 0.2) is 4.63 Å². The van der Waals surface area contributed by atoms with Crippen molar-refractivity contribution in [3.63, 3.8) is 0 Å². The van der Waals surface area contributed by atoms with Crippen molar-refractivity contribution in [3.8, 4) is 0 Å². The second-order valence-corrected chi connectivity index (χ2v) is 3.97. The summed E-state index contributed by atoms with van der Waals surface area (Å²) < 4.78 is 4.37. The second kappa shape index (κ2) is 4.40. The van der Waals surface area contributed by atoms with Gasteiger partial charge in [0, 0.05) is 19.0 Å². The first-order valence-corrected chi connectivity index (χ1v) is 5.26. The van der Waals surface area contributed by atoms with E-state index in [1.165, 1.54) is 0 Å². The Morgan fingerprint density at radius 1 is 1.29 bits per heavy atom. The molecule has 17 heavy (non-hydrogen) atoms. The van der Waals surface area contributed by atoms with E-state index in [1.54, 1.807) is 4.90 Å². The van der Waals surface area contributed by atoms with Gasteiger partial charge in [-0.1, -0.05) is 0 Å². The maximum Gasteiger partial charge on any atom is 0.280 e. The van der Waals surface area contributed by atoms with E-state index in [-0.39, 0.29) is 29.2 Å². The molecule has 0 aliphatic carbocycles. The molecule has 2 amide bonds. The highest BCUT2D eigenvalue weighted by molar-refractivity contribution is 5.96. The lowest BCUT2D eigenvalue weighted by molar-refractivity contribution is -0.123. The molecular weight excluding hydrogens is 226 g/mol. The summed E-state index contributed by atoms with van der Waals surface area (Å²) in [6.45, 7) is 0.914. The number of carbonyl (C=O) groups is 2. The largest absolute Gasteiger partial charge is 0.379 e. The van der Waals surface area contributed by atoms with Crippen LogP contribution in [0.25, 0.3) is 0 Å². The zero-order valence-corrected chi connectivity index (χ0v) is 9.13. The Morgan fingerprint density at radius 3 is 2.41 bits per heavy atom. The maximum atomic E-state index is 11.9. The van der Waals surface area contributed by atoms with E-state index in [9.17, 15) is 9.59 Å². The summed E-state index contributed by atoms with van der Waals surface area (Å²) in [5, 5.41) is 6.80. The molecule has 8 nitrogen and oxygen atoms in total. The lowest BCUT2D eigenvalue weighted by Gasteiger charge is -2.29. The van der Waals surface area contributed by atoms with Crippen LogP contribution < -0.4 is 11.5 Å². The molecule has 2 heterocycles. The third kappa shape index (κ3) is 2.19. The van der Waals surface area contributed by atoms with E-state index in [1.807, 2.05) is 0 Å². The fourth-order valence-electron chi connectivity index (χ4n) is 1.86. The number of nitrogens with two attached hydrogens (primary N) is 2. The smallest absolute Gasteiger partial charge is 0.280 e. The Hall–Kier alpha value is -2.12. The van der Waals surface area contributed by atoms with Gasteiger partial charge in [-0.05, 0) is 23.2 Å². The van der Waals surface area contributed by atoms with Crippen molar-refractivity contribution in [2.24, 2.45) is 11.7 Å². The topological polar surface area (TPSA) is 128 Å². The molecule has 8 heteroatoms. The number of nitrogen functional groups attached to an aromatic ring is 1. The Bertz CT molecular complexity index is 436. The first-order valence-electron chi connectivity index (χ1n) is 5.26. The average Bonchev–Trinajstić information content (AvgIpc) is 2.74. The van der Waals surface area contributed by atoms with Crippen molar-refractivity contribution in [1.29, 1.82) is 0 Å². The van der Waals surface area contributed by atoms with Gasteiger partial charge >= 0.3 is 0 Å². The van der Waals surface area contributed by atoms with Crippen LogP contribution in [0, 0.1) is 5.92 Å².